The first-order valence-electron chi connectivity index (χ1n) is 9.58. The summed E-state index contributed by atoms with van der Waals surface area (Å²) in [7, 11) is 0. The average molecular weight is 408 g/mol. The average Bonchev–Trinajstić information content (AvgIpc) is 3.43. The molecule has 1 amide bonds. The van der Waals surface area contributed by atoms with Gasteiger partial charge in [-0.3, -0.25) is 10.1 Å². The first kappa shape index (κ1) is 18.1. The second-order valence-corrected chi connectivity index (χ2v) is 7.75. The highest BCUT2D eigenvalue weighted by molar-refractivity contribution is 7.14. The number of ether oxygens (including phenoxy) is 2. The van der Waals surface area contributed by atoms with Gasteiger partial charge in [0, 0.05) is 36.7 Å². The van der Waals surface area contributed by atoms with E-state index in [0.717, 1.165) is 43.1 Å². The summed E-state index contributed by atoms with van der Waals surface area (Å²) >= 11 is 1.41. The van der Waals surface area contributed by atoms with Gasteiger partial charge < -0.3 is 14.4 Å². The number of aromatic nitrogens is 2. The summed E-state index contributed by atoms with van der Waals surface area (Å²) in [6.45, 7) is 3.45. The lowest BCUT2D eigenvalue weighted by Gasteiger charge is -2.29. The summed E-state index contributed by atoms with van der Waals surface area (Å²) in [5, 5.41) is 5.45. The molecular weight excluding hydrogens is 388 g/mol. The molecule has 148 valence electrons. The van der Waals surface area contributed by atoms with Crippen LogP contribution in [0.2, 0.25) is 0 Å². The molecule has 7 nitrogen and oxygen atoms in total. The number of nitrogens with zero attached hydrogens (tertiary/aromatic N) is 3. The Labute approximate surface area is 172 Å². The van der Waals surface area contributed by atoms with Gasteiger partial charge in [-0.1, -0.05) is 0 Å². The van der Waals surface area contributed by atoms with Gasteiger partial charge in [0.1, 0.15) is 11.6 Å². The Hall–Kier alpha value is -2.97. The molecule has 1 saturated heterocycles. The first-order chi connectivity index (χ1) is 14.3. The first-order valence-corrected chi connectivity index (χ1v) is 10.5. The number of carbonyl (C=O) groups is 1. The number of morpholine rings is 1. The molecule has 0 atom stereocenters. The van der Waals surface area contributed by atoms with Crippen LogP contribution < -0.4 is 15.0 Å². The maximum absolute atomic E-state index is 12.9. The molecule has 4 heterocycles. The van der Waals surface area contributed by atoms with E-state index in [2.05, 4.69) is 26.3 Å². The molecule has 0 bridgehead atoms. The Balaban J connectivity index is 1.35. The van der Waals surface area contributed by atoms with Crippen LogP contribution >= 0.6 is 11.3 Å². The lowest BCUT2D eigenvalue weighted by molar-refractivity contribution is 0.102. The van der Waals surface area contributed by atoms with Gasteiger partial charge in [-0.2, -0.15) is 0 Å². The van der Waals surface area contributed by atoms with Crippen LogP contribution in [0, 0.1) is 0 Å². The molecule has 8 heteroatoms. The van der Waals surface area contributed by atoms with Crippen LogP contribution in [0.4, 0.5) is 10.9 Å². The van der Waals surface area contributed by atoms with Gasteiger partial charge >= 0.3 is 0 Å². The van der Waals surface area contributed by atoms with Gasteiger partial charge in [-0.25, -0.2) is 9.97 Å². The van der Waals surface area contributed by atoms with E-state index in [9.17, 15) is 4.79 Å². The number of thiazole rings is 1. The van der Waals surface area contributed by atoms with Crippen molar-refractivity contribution in [1.29, 1.82) is 0 Å². The maximum atomic E-state index is 12.9. The minimum atomic E-state index is -0.206. The van der Waals surface area contributed by atoms with Crippen LogP contribution in [-0.4, -0.2) is 48.8 Å². The van der Waals surface area contributed by atoms with Gasteiger partial charge in [-0.15, -0.1) is 11.3 Å². The van der Waals surface area contributed by atoms with Crippen LogP contribution in [0.15, 0.2) is 41.9 Å². The number of hydrogen-bond donors (Lipinski definition) is 1. The summed E-state index contributed by atoms with van der Waals surface area (Å²) in [6, 6.07) is 9.67. The monoisotopic (exact) mass is 408 g/mol. The van der Waals surface area contributed by atoms with E-state index in [4.69, 9.17) is 9.47 Å². The summed E-state index contributed by atoms with van der Waals surface area (Å²) in [5.41, 5.74) is 3.62. The van der Waals surface area contributed by atoms with Gasteiger partial charge in [0.05, 0.1) is 31.1 Å². The SMILES string of the molecule is O=C(Nc1nc(-c2ccc3c(c2)CCO3)cs1)c1cccnc1N1CCOCC1. The molecule has 0 radical (unpaired) electrons. The number of nitrogens with one attached hydrogen (secondary N) is 1. The van der Waals surface area contributed by atoms with E-state index in [1.54, 1.807) is 18.3 Å². The smallest absolute Gasteiger partial charge is 0.261 e. The van der Waals surface area contributed by atoms with Crippen molar-refractivity contribution < 1.29 is 14.3 Å². The van der Waals surface area contributed by atoms with Crippen molar-refractivity contribution in [3.8, 4) is 17.0 Å². The van der Waals surface area contributed by atoms with Crippen molar-refractivity contribution in [2.24, 2.45) is 0 Å². The standard InChI is InChI=1S/C21H20N4O3S/c26-20(16-2-1-6-22-19(16)25-7-10-27-11-8-25)24-21-23-17(13-29-21)14-3-4-18-15(12-14)5-9-28-18/h1-4,6,12-13H,5,7-11H2,(H,23,24,26). The van der Waals surface area contributed by atoms with Crippen LogP contribution in [0.1, 0.15) is 15.9 Å². The van der Waals surface area contributed by atoms with Crippen LogP contribution in [0.25, 0.3) is 11.3 Å². The third-order valence-electron chi connectivity index (χ3n) is 5.05. The Bertz CT molecular complexity index is 1050. The van der Waals surface area contributed by atoms with E-state index in [-0.39, 0.29) is 5.91 Å². The van der Waals surface area contributed by atoms with Crippen molar-refractivity contribution in [3.63, 3.8) is 0 Å². The molecule has 5 rings (SSSR count). The summed E-state index contributed by atoms with van der Waals surface area (Å²) in [5.74, 6) is 1.43. The van der Waals surface area contributed by atoms with Crippen molar-refractivity contribution >= 4 is 28.2 Å². The quantitative estimate of drug-likeness (QED) is 0.714. The lowest BCUT2D eigenvalue weighted by atomic mass is 10.1. The molecule has 2 aliphatic heterocycles. The van der Waals surface area contributed by atoms with Crippen molar-refractivity contribution in [2.75, 3.05) is 43.1 Å². The number of anilines is 2. The molecule has 0 aliphatic carbocycles. The molecule has 1 fully saturated rings. The highest BCUT2D eigenvalue weighted by Crippen LogP contribution is 2.32. The zero-order valence-corrected chi connectivity index (χ0v) is 16.6. The van der Waals surface area contributed by atoms with E-state index in [1.807, 2.05) is 17.5 Å². The summed E-state index contributed by atoms with van der Waals surface area (Å²) in [4.78, 5) is 24.0. The number of amides is 1. The Kier molecular flexibility index (Phi) is 4.87. The second-order valence-electron chi connectivity index (χ2n) is 6.89. The topological polar surface area (TPSA) is 76.6 Å². The third kappa shape index (κ3) is 3.68. The van der Waals surface area contributed by atoms with E-state index in [0.29, 0.717) is 29.7 Å². The van der Waals surface area contributed by atoms with Gasteiger partial charge in [-0.05, 0) is 35.9 Å². The van der Waals surface area contributed by atoms with Crippen molar-refractivity contribution in [1.82, 2.24) is 9.97 Å². The normalized spacial score (nSPS) is 15.7. The molecule has 1 N–H and O–H groups in total. The van der Waals surface area contributed by atoms with E-state index in [1.165, 1.54) is 16.9 Å². The van der Waals surface area contributed by atoms with Crippen LogP contribution in [-0.2, 0) is 11.2 Å². The molecule has 0 unspecified atom stereocenters. The number of fused-ring (bicyclic) bond motifs is 1. The molecule has 0 saturated carbocycles. The Morgan fingerprint density at radius 3 is 2.97 bits per heavy atom. The fourth-order valence-electron chi connectivity index (χ4n) is 3.58. The molecule has 29 heavy (non-hydrogen) atoms. The Morgan fingerprint density at radius 2 is 2.07 bits per heavy atom. The van der Waals surface area contributed by atoms with Crippen molar-refractivity contribution in [2.45, 2.75) is 6.42 Å². The minimum absolute atomic E-state index is 0.206. The highest BCUT2D eigenvalue weighted by Gasteiger charge is 2.21. The lowest BCUT2D eigenvalue weighted by Crippen LogP contribution is -2.38. The fraction of sp³-hybridized carbons (Fsp3) is 0.286. The van der Waals surface area contributed by atoms with Gasteiger partial charge in [0.15, 0.2) is 5.13 Å². The molecular formula is C21H20N4O3S. The number of hydrogen-bond acceptors (Lipinski definition) is 7. The zero-order valence-electron chi connectivity index (χ0n) is 15.8. The second kappa shape index (κ2) is 7.81. The number of carbonyl (C=O) groups excluding carboxylic acids is 1. The van der Waals surface area contributed by atoms with Gasteiger partial charge in [0.2, 0.25) is 0 Å². The highest BCUT2D eigenvalue weighted by atomic mass is 32.1. The molecule has 2 aromatic heterocycles. The largest absolute Gasteiger partial charge is 0.493 e. The van der Waals surface area contributed by atoms with E-state index < -0.39 is 0 Å². The molecule has 3 aromatic rings. The molecule has 1 aromatic carbocycles. The number of rotatable bonds is 4. The Morgan fingerprint density at radius 1 is 1.17 bits per heavy atom. The van der Waals surface area contributed by atoms with Crippen molar-refractivity contribution in [3.05, 3.63) is 53.0 Å². The predicted molar refractivity (Wildman–Crippen MR) is 112 cm³/mol. The summed E-state index contributed by atoms with van der Waals surface area (Å²) in [6.07, 6.45) is 2.63. The molecule has 0 spiro atoms. The number of pyridine rings is 1. The van der Waals surface area contributed by atoms with E-state index >= 15 is 0 Å². The molecule has 2 aliphatic rings. The third-order valence-corrected chi connectivity index (χ3v) is 5.81. The van der Waals surface area contributed by atoms with Crippen LogP contribution in [0.5, 0.6) is 5.75 Å². The zero-order chi connectivity index (χ0) is 19.6. The van der Waals surface area contributed by atoms with Gasteiger partial charge in [0.25, 0.3) is 5.91 Å². The predicted octanol–water partition coefficient (Wildman–Crippen LogP) is 3.23. The summed E-state index contributed by atoms with van der Waals surface area (Å²) < 4.78 is 11.0. The minimum Gasteiger partial charge on any atom is -0.493 e. The number of benzene rings is 1. The maximum Gasteiger partial charge on any atom is 0.261 e. The van der Waals surface area contributed by atoms with Crippen LogP contribution in [0.3, 0.4) is 0 Å². The fourth-order valence-corrected chi connectivity index (χ4v) is 4.29.